The molecule has 4 rings (SSSR count). The number of hydrogen-bond acceptors (Lipinski definition) is 4. The molecule has 2 aliphatic rings. The maximum atomic E-state index is 14.8. The molecule has 0 unspecified atom stereocenters. The molecule has 3 heterocycles. The molecule has 1 aromatic carbocycles. The summed E-state index contributed by atoms with van der Waals surface area (Å²) in [6.07, 6.45) is 10.2. The van der Waals surface area contributed by atoms with E-state index >= 15 is 0 Å². The van der Waals surface area contributed by atoms with Gasteiger partial charge in [-0.1, -0.05) is 12.6 Å². The fourth-order valence-corrected chi connectivity index (χ4v) is 5.01. The Bertz CT molecular complexity index is 938. The standard InChI is InChI=1S/C27H36F2N4/c1-20(33-12-4-5-13-33)24-9-8-23(16-25(24)28)26-30-17-22(18-31-26)7-6-21-10-14-32(15-11-21)19-27(2,3)29/h8-9,16-18,21H,1,4-7,10-15,19H2,2-3H3. The third-order valence-corrected chi connectivity index (χ3v) is 6.88. The van der Waals surface area contributed by atoms with Crippen LogP contribution in [0.15, 0.2) is 37.2 Å². The van der Waals surface area contributed by atoms with E-state index in [0.717, 1.165) is 76.0 Å². The van der Waals surface area contributed by atoms with Gasteiger partial charge in [-0.3, -0.25) is 0 Å². The van der Waals surface area contributed by atoms with Gasteiger partial charge in [-0.05, 0) is 89.1 Å². The van der Waals surface area contributed by atoms with Crippen LogP contribution in [-0.4, -0.2) is 58.2 Å². The van der Waals surface area contributed by atoms with Gasteiger partial charge in [-0.2, -0.15) is 0 Å². The van der Waals surface area contributed by atoms with Crippen LogP contribution in [0.4, 0.5) is 8.78 Å². The summed E-state index contributed by atoms with van der Waals surface area (Å²) in [5.41, 5.74) is 1.97. The molecule has 0 atom stereocenters. The second-order valence-electron chi connectivity index (χ2n) is 10.2. The molecule has 33 heavy (non-hydrogen) atoms. The highest BCUT2D eigenvalue weighted by Crippen LogP contribution is 2.28. The molecule has 0 N–H and O–H groups in total. The molecule has 0 radical (unpaired) electrons. The number of aryl methyl sites for hydroxylation is 1. The van der Waals surface area contributed by atoms with Gasteiger partial charge in [-0.25, -0.2) is 18.7 Å². The van der Waals surface area contributed by atoms with Crippen LogP contribution >= 0.6 is 0 Å². The monoisotopic (exact) mass is 454 g/mol. The van der Waals surface area contributed by atoms with Crippen molar-refractivity contribution in [3.05, 3.63) is 54.1 Å². The second-order valence-corrected chi connectivity index (χ2v) is 10.2. The minimum absolute atomic E-state index is 0.278. The lowest BCUT2D eigenvalue weighted by molar-refractivity contribution is 0.0943. The largest absolute Gasteiger partial charge is 0.371 e. The highest BCUT2D eigenvalue weighted by Gasteiger charge is 2.25. The smallest absolute Gasteiger partial charge is 0.159 e. The first kappa shape index (κ1) is 23.8. The predicted molar refractivity (Wildman–Crippen MR) is 130 cm³/mol. The van der Waals surface area contributed by atoms with Gasteiger partial charge in [-0.15, -0.1) is 0 Å². The molecule has 0 amide bonds. The van der Waals surface area contributed by atoms with Crippen molar-refractivity contribution in [1.29, 1.82) is 0 Å². The first-order valence-electron chi connectivity index (χ1n) is 12.2. The topological polar surface area (TPSA) is 32.3 Å². The van der Waals surface area contributed by atoms with Crippen LogP contribution in [0.5, 0.6) is 0 Å². The molecule has 1 aromatic heterocycles. The van der Waals surface area contributed by atoms with Gasteiger partial charge < -0.3 is 9.80 Å². The van der Waals surface area contributed by atoms with Gasteiger partial charge in [0.1, 0.15) is 11.5 Å². The molecule has 6 heteroatoms. The molecule has 4 nitrogen and oxygen atoms in total. The van der Waals surface area contributed by atoms with Crippen molar-refractivity contribution in [2.45, 2.75) is 58.0 Å². The van der Waals surface area contributed by atoms with Gasteiger partial charge >= 0.3 is 0 Å². The average Bonchev–Trinajstić information content (AvgIpc) is 3.32. The number of halogens is 2. The number of likely N-dealkylation sites (tertiary alicyclic amines) is 2. The Morgan fingerprint density at radius 1 is 1.09 bits per heavy atom. The van der Waals surface area contributed by atoms with E-state index < -0.39 is 5.67 Å². The molecule has 0 spiro atoms. The maximum Gasteiger partial charge on any atom is 0.159 e. The van der Waals surface area contributed by atoms with Crippen LogP contribution in [-0.2, 0) is 6.42 Å². The fourth-order valence-electron chi connectivity index (χ4n) is 5.01. The SMILES string of the molecule is C=C(c1ccc(-c2ncc(CCC3CCN(CC(C)(C)F)CC3)cn2)cc1F)N1CCCC1. The molecular weight excluding hydrogens is 418 g/mol. The van der Waals surface area contributed by atoms with E-state index in [2.05, 4.69) is 26.3 Å². The minimum Gasteiger partial charge on any atom is -0.371 e. The van der Waals surface area contributed by atoms with Crippen LogP contribution in [0.25, 0.3) is 17.1 Å². The average molecular weight is 455 g/mol. The lowest BCUT2D eigenvalue weighted by Crippen LogP contribution is -2.41. The van der Waals surface area contributed by atoms with E-state index in [1.807, 2.05) is 18.5 Å². The number of piperidine rings is 1. The summed E-state index contributed by atoms with van der Waals surface area (Å²) in [4.78, 5) is 13.4. The Morgan fingerprint density at radius 2 is 1.76 bits per heavy atom. The molecule has 2 aliphatic heterocycles. The summed E-state index contributed by atoms with van der Waals surface area (Å²) in [5.74, 6) is 0.923. The molecule has 2 saturated heterocycles. The summed E-state index contributed by atoms with van der Waals surface area (Å²) < 4.78 is 28.7. The van der Waals surface area contributed by atoms with Crippen molar-refractivity contribution in [2.24, 2.45) is 5.92 Å². The van der Waals surface area contributed by atoms with Crippen molar-refractivity contribution in [1.82, 2.24) is 19.8 Å². The number of alkyl halides is 1. The third kappa shape index (κ3) is 6.38. The molecule has 2 fully saturated rings. The maximum absolute atomic E-state index is 14.8. The van der Waals surface area contributed by atoms with E-state index in [1.54, 1.807) is 19.9 Å². The molecule has 178 valence electrons. The van der Waals surface area contributed by atoms with Gasteiger partial charge in [0, 0.05) is 48.9 Å². The van der Waals surface area contributed by atoms with E-state index in [-0.39, 0.29) is 5.82 Å². The van der Waals surface area contributed by atoms with E-state index in [4.69, 9.17) is 0 Å². The van der Waals surface area contributed by atoms with E-state index in [1.165, 1.54) is 6.07 Å². The molecule has 2 aromatic rings. The van der Waals surface area contributed by atoms with Crippen LogP contribution in [0.2, 0.25) is 0 Å². The van der Waals surface area contributed by atoms with Gasteiger partial charge in [0.05, 0.1) is 0 Å². The third-order valence-electron chi connectivity index (χ3n) is 6.88. The molecule has 0 saturated carbocycles. The normalized spacial score (nSPS) is 18.1. The second kappa shape index (κ2) is 10.3. The van der Waals surface area contributed by atoms with Crippen LogP contribution < -0.4 is 0 Å². The Labute approximate surface area is 196 Å². The summed E-state index contributed by atoms with van der Waals surface area (Å²) in [6.45, 7) is 11.7. The van der Waals surface area contributed by atoms with Crippen molar-refractivity contribution in [3.8, 4) is 11.4 Å². The summed E-state index contributed by atoms with van der Waals surface area (Å²) in [6, 6.07) is 5.18. The van der Waals surface area contributed by atoms with Crippen molar-refractivity contribution >= 4 is 5.70 Å². The van der Waals surface area contributed by atoms with Crippen LogP contribution in [0, 0.1) is 11.7 Å². The highest BCUT2D eigenvalue weighted by molar-refractivity contribution is 5.66. The first-order valence-corrected chi connectivity index (χ1v) is 12.2. The molecule has 0 bridgehead atoms. The minimum atomic E-state index is -1.13. The van der Waals surface area contributed by atoms with Gasteiger partial charge in [0.25, 0.3) is 0 Å². The van der Waals surface area contributed by atoms with Crippen LogP contribution in [0.3, 0.4) is 0 Å². The van der Waals surface area contributed by atoms with Crippen molar-refractivity contribution < 1.29 is 8.78 Å². The zero-order chi connectivity index (χ0) is 23.4. The molecule has 0 aliphatic carbocycles. The lowest BCUT2D eigenvalue weighted by Gasteiger charge is -2.34. The number of aromatic nitrogens is 2. The Balaban J connectivity index is 1.30. The summed E-state index contributed by atoms with van der Waals surface area (Å²) in [5, 5.41) is 0. The zero-order valence-corrected chi connectivity index (χ0v) is 20.0. The lowest BCUT2D eigenvalue weighted by atomic mass is 9.90. The van der Waals surface area contributed by atoms with Crippen molar-refractivity contribution in [2.75, 3.05) is 32.7 Å². The Hall–Kier alpha value is -2.34. The highest BCUT2D eigenvalue weighted by atomic mass is 19.1. The zero-order valence-electron chi connectivity index (χ0n) is 20.0. The Morgan fingerprint density at radius 3 is 2.36 bits per heavy atom. The quantitative estimate of drug-likeness (QED) is 0.509. The first-order chi connectivity index (χ1) is 15.8. The predicted octanol–water partition coefficient (Wildman–Crippen LogP) is 5.74. The van der Waals surface area contributed by atoms with Gasteiger partial charge in [0.15, 0.2) is 5.82 Å². The van der Waals surface area contributed by atoms with Crippen molar-refractivity contribution in [3.63, 3.8) is 0 Å². The Kier molecular flexibility index (Phi) is 7.42. The number of rotatable bonds is 8. The van der Waals surface area contributed by atoms with E-state index in [9.17, 15) is 8.78 Å². The summed E-state index contributed by atoms with van der Waals surface area (Å²) >= 11 is 0. The van der Waals surface area contributed by atoms with E-state index in [0.29, 0.717) is 29.4 Å². The summed E-state index contributed by atoms with van der Waals surface area (Å²) in [7, 11) is 0. The fraction of sp³-hybridized carbons (Fsp3) is 0.556. The van der Waals surface area contributed by atoms with Gasteiger partial charge in [0.2, 0.25) is 0 Å². The number of nitrogens with zero attached hydrogens (tertiary/aromatic N) is 4. The molecular formula is C27H36F2N4. The number of hydrogen-bond donors (Lipinski definition) is 0. The number of benzene rings is 1. The van der Waals surface area contributed by atoms with Crippen LogP contribution in [0.1, 0.15) is 57.1 Å².